The van der Waals surface area contributed by atoms with E-state index < -0.39 is 0 Å². The van der Waals surface area contributed by atoms with E-state index in [0.29, 0.717) is 11.6 Å². The largest absolute Gasteiger partial charge is 0.279 e. The van der Waals surface area contributed by atoms with Crippen molar-refractivity contribution in [2.45, 2.75) is 13.3 Å². The fraction of sp³-hybridized carbons (Fsp3) is 0.0952. The van der Waals surface area contributed by atoms with E-state index in [9.17, 15) is 4.39 Å². The maximum absolute atomic E-state index is 13.9. The highest BCUT2D eigenvalue weighted by Gasteiger charge is 2.16. The van der Waals surface area contributed by atoms with Gasteiger partial charge in [-0.25, -0.2) is 14.4 Å². The second-order valence-electron chi connectivity index (χ2n) is 5.91. The van der Waals surface area contributed by atoms with Crippen LogP contribution in [0.1, 0.15) is 12.5 Å². The quantitative estimate of drug-likeness (QED) is 0.510. The van der Waals surface area contributed by atoms with Gasteiger partial charge in [-0.05, 0) is 54.4 Å². The Kier molecular flexibility index (Phi) is 4.27. The molecule has 4 nitrogen and oxygen atoms in total. The Balaban J connectivity index is 1.88. The van der Waals surface area contributed by atoms with E-state index in [1.54, 1.807) is 18.5 Å². The highest BCUT2D eigenvalue weighted by Crippen LogP contribution is 2.33. The first-order valence-corrected chi connectivity index (χ1v) is 8.47. The number of aryl methyl sites for hydroxylation is 1. The van der Waals surface area contributed by atoms with Gasteiger partial charge in [0.2, 0.25) is 5.95 Å². The summed E-state index contributed by atoms with van der Waals surface area (Å²) in [5.41, 5.74) is 4.23. The number of halogens is 1. The molecule has 0 unspecified atom stereocenters. The van der Waals surface area contributed by atoms with E-state index in [2.05, 4.69) is 34.0 Å². The molecule has 0 aliphatic heterocycles. The minimum atomic E-state index is -0.305. The van der Waals surface area contributed by atoms with E-state index in [1.165, 1.54) is 17.7 Å². The molecule has 0 bridgehead atoms. The Labute approximate surface area is 151 Å². The molecule has 0 spiro atoms. The molecule has 0 amide bonds. The summed E-state index contributed by atoms with van der Waals surface area (Å²) in [6.45, 7) is 2.11. The minimum absolute atomic E-state index is 0.305. The lowest BCUT2D eigenvalue weighted by Gasteiger charge is -2.23. The third kappa shape index (κ3) is 3.11. The lowest BCUT2D eigenvalue weighted by Crippen LogP contribution is -2.13. The van der Waals surface area contributed by atoms with Crippen LogP contribution in [0.3, 0.4) is 0 Å². The van der Waals surface area contributed by atoms with Crippen molar-refractivity contribution in [3.05, 3.63) is 84.4 Å². The van der Waals surface area contributed by atoms with E-state index >= 15 is 0 Å². The van der Waals surface area contributed by atoms with Crippen LogP contribution in [0.25, 0.3) is 11.0 Å². The highest BCUT2D eigenvalue weighted by atomic mass is 19.1. The molecule has 0 aliphatic carbocycles. The summed E-state index contributed by atoms with van der Waals surface area (Å²) in [5, 5.41) is 0. The average Bonchev–Trinajstić information content (AvgIpc) is 2.69. The minimum Gasteiger partial charge on any atom is -0.279 e. The van der Waals surface area contributed by atoms with Gasteiger partial charge in [0.25, 0.3) is 0 Å². The number of pyridine rings is 1. The Morgan fingerprint density at radius 2 is 1.73 bits per heavy atom. The molecule has 4 aromatic rings. The molecule has 2 aromatic carbocycles. The van der Waals surface area contributed by atoms with Gasteiger partial charge in [-0.3, -0.25) is 9.88 Å². The number of rotatable bonds is 4. The molecule has 0 N–H and O–H groups in total. The molecule has 0 fully saturated rings. The number of anilines is 3. The van der Waals surface area contributed by atoms with Crippen LogP contribution in [0, 0.1) is 5.82 Å². The number of hydrogen-bond donors (Lipinski definition) is 0. The van der Waals surface area contributed by atoms with Gasteiger partial charge in [-0.15, -0.1) is 0 Å². The molecule has 0 saturated heterocycles. The van der Waals surface area contributed by atoms with Crippen LogP contribution < -0.4 is 4.90 Å². The molecule has 0 atom stereocenters. The van der Waals surface area contributed by atoms with Gasteiger partial charge >= 0.3 is 0 Å². The topological polar surface area (TPSA) is 41.9 Å². The lowest BCUT2D eigenvalue weighted by molar-refractivity contribution is 0.628. The zero-order valence-electron chi connectivity index (χ0n) is 14.3. The van der Waals surface area contributed by atoms with E-state index in [0.717, 1.165) is 23.1 Å². The summed E-state index contributed by atoms with van der Waals surface area (Å²) in [6, 6.07) is 18.3. The van der Waals surface area contributed by atoms with Gasteiger partial charge < -0.3 is 0 Å². The van der Waals surface area contributed by atoms with Gasteiger partial charge in [0.05, 0.1) is 17.4 Å². The monoisotopic (exact) mass is 344 g/mol. The molecule has 0 aliphatic rings. The predicted octanol–water partition coefficient (Wildman–Crippen LogP) is 5.20. The fourth-order valence-corrected chi connectivity index (χ4v) is 2.84. The van der Waals surface area contributed by atoms with Crippen LogP contribution in [0.4, 0.5) is 21.7 Å². The Bertz CT molecular complexity index is 1050. The standard InChI is InChI=1S/C21H17FN4/c1-2-15-8-10-17(11-9-15)26(18-6-3-5-16(22)13-18)21-24-14-20-19(25-21)7-4-12-23-20/h3-14H,2H2,1H3. The van der Waals surface area contributed by atoms with Crippen molar-refractivity contribution in [1.82, 2.24) is 15.0 Å². The Hall–Kier alpha value is -3.34. The van der Waals surface area contributed by atoms with E-state index in [-0.39, 0.29) is 5.82 Å². The van der Waals surface area contributed by atoms with Crippen LogP contribution in [0.15, 0.2) is 73.1 Å². The number of aromatic nitrogens is 3. The summed E-state index contributed by atoms with van der Waals surface area (Å²) in [4.78, 5) is 15.2. The first kappa shape index (κ1) is 16.1. The maximum atomic E-state index is 13.9. The van der Waals surface area contributed by atoms with Crippen molar-refractivity contribution in [3.63, 3.8) is 0 Å². The van der Waals surface area contributed by atoms with Gasteiger partial charge in [-0.1, -0.05) is 25.1 Å². The summed E-state index contributed by atoms with van der Waals surface area (Å²) < 4.78 is 13.9. The van der Waals surface area contributed by atoms with Gasteiger partial charge in [0.15, 0.2) is 0 Å². The first-order valence-electron chi connectivity index (χ1n) is 8.47. The van der Waals surface area contributed by atoms with Crippen molar-refractivity contribution in [2.75, 3.05) is 4.90 Å². The Morgan fingerprint density at radius 1 is 0.885 bits per heavy atom. The normalized spacial score (nSPS) is 10.8. The number of hydrogen-bond acceptors (Lipinski definition) is 4. The van der Waals surface area contributed by atoms with Crippen LogP contribution in [-0.2, 0) is 6.42 Å². The van der Waals surface area contributed by atoms with Crippen molar-refractivity contribution in [2.24, 2.45) is 0 Å². The number of nitrogens with zero attached hydrogens (tertiary/aromatic N) is 4. The average molecular weight is 344 g/mol. The molecular weight excluding hydrogens is 327 g/mol. The van der Waals surface area contributed by atoms with Gasteiger partial charge in [0.1, 0.15) is 11.3 Å². The lowest BCUT2D eigenvalue weighted by atomic mass is 10.1. The third-order valence-electron chi connectivity index (χ3n) is 4.21. The molecule has 4 rings (SSSR count). The van der Waals surface area contributed by atoms with Crippen LogP contribution >= 0.6 is 0 Å². The van der Waals surface area contributed by atoms with Crippen LogP contribution in [-0.4, -0.2) is 15.0 Å². The summed E-state index contributed by atoms with van der Waals surface area (Å²) >= 11 is 0. The SMILES string of the molecule is CCc1ccc(N(c2cccc(F)c2)c2ncc3ncccc3n2)cc1. The van der Waals surface area contributed by atoms with Crippen molar-refractivity contribution < 1.29 is 4.39 Å². The molecule has 0 radical (unpaired) electrons. The second-order valence-corrected chi connectivity index (χ2v) is 5.91. The molecule has 26 heavy (non-hydrogen) atoms. The number of benzene rings is 2. The molecule has 2 heterocycles. The summed E-state index contributed by atoms with van der Waals surface area (Å²) in [5.74, 6) is 0.167. The smallest absolute Gasteiger partial charge is 0.235 e. The maximum Gasteiger partial charge on any atom is 0.235 e. The van der Waals surface area contributed by atoms with Gasteiger partial charge in [-0.2, -0.15) is 0 Å². The second kappa shape index (κ2) is 6.88. The van der Waals surface area contributed by atoms with Crippen LogP contribution in [0.2, 0.25) is 0 Å². The highest BCUT2D eigenvalue weighted by molar-refractivity contribution is 5.78. The fourth-order valence-electron chi connectivity index (χ4n) is 2.84. The van der Waals surface area contributed by atoms with E-state index in [1.807, 2.05) is 35.2 Å². The van der Waals surface area contributed by atoms with Crippen molar-refractivity contribution in [1.29, 1.82) is 0 Å². The molecule has 128 valence electrons. The summed E-state index contributed by atoms with van der Waals surface area (Å²) in [7, 11) is 0. The third-order valence-corrected chi connectivity index (χ3v) is 4.21. The molecule has 5 heteroatoms. The molecular formula is C21H17FN4. The molecule has 2 aromatic heterocycles. The Morgan fingerprint density at radius 3 is 2.50 bits per heavy atom. The molecule has 0 saturated carbocycles. The summed E-state index contributed by atoms with van der Waals surface area (Å²) in [6.07, 6.45) is 4.35. The van der Waals surface area contributed by atoms with Gasteiger partial charge in [0, 0.05) is 11.9 Å². The zero-order valence-corrected chi connectivity index (χ0v) is 14.3. The van der Waals surface area contributed by atoms with Crippen molar-refractivity contribution >= 4 is 28.4 Å². The zero-order chi connectivity index (χ0) is 17.9. The van der Waals surface area contributed by atoms with Crippen LogP contribution in [0.5, 0.6) is 0 Å². The predicted molar refractivity (Wildman–Crippen MR) is 101 cm³/mol. The first-order chi connectivity index (χ1) is 12.7. The van der Waals surface area contributed by atoms with Crippen molar-refractivity contribution in [3.8, 4) is 0 Å². The van der Waals surface area contributed by atoms with E-state index in [4.69, 9.17) is 0 Å². The number of fused-ring (bicyclic) bond motifs is 1.